The highest BCUT2D eigenvalue weighted by atomic mass is 16.5. The third-order valence-electron chi connectivity index (χ3n) is 4.82. The third-order valence-corrected chi connectivity index (χ3v) is 4.82. The fourth-order valence-electron chi connectivity index (χ4n) is 3.52. The van der Waals surface area contributed by atoms with E-state index in [1.165, 1.54) is 0 Å². The van der Waals surface area contributed by atoms with Crippen molar-refractivity contribution in [1.29, 1.82) is 0 Å². The molecule has 0 spiro atoms. The Labute approximate surface area is 147 Å². The zero-order chi connectivity index (χ0) is 18.0. The first-order valence-electron chi connectivity index (χ1n) is 8.30. The van der Waals surface area contributed by atoms with Crippen molar-refractivity contribution in [3.63, 3.8) is 0 Å². The summed E-state index contributed by atoms with van der Waals surface area (Å²) in [6.07, 6.45) is 0.867. The maximum atomic E-state index is 13.3. The third kappa shape index (κ3) is 3.07. The second-order valence-corrected chi connectivity index (χ2v) is 6.49. The number of rotatable bonds is 6. The van der Waals surface area contributed by atoms with Gasteiger partial charge in [0.2, 0.25) is 0 Å². The van der Waals surface area contributed by atoms with Crippen LogP contribution < -0.4 is 4.74 Å². The molecule has 6 nitrogen and oxygen atoms in total. The van der Waals surface area contributed by atoms with Crippen LogP contribution in [0.2, 0.25) is 0 Å². The van der Waals surface area contributed by atoms with E-state index < -0.39 is 5.54 Å². The number of aryl methyl sites for hydroxylation is 1. The molecule has 2 aromatic rings. The molecule has 0 aliphatic carbocycles. The molecule has 1 fully saturated rings. The zero-order valence-corrected chi connectivity index (χ0v) is 15.2. The van der Waals surface area contributed by atoms with E-state index in [0.29, 0.717) is 31.1 Å². The summed E-state index contributed by atoms with van der Waals surface area (Å²) >= 11 is 0. The number of benzene rings is 1. The average molecular weight is 344 g/mol. The van der Waals surface area contributed by atoms with E-state index in [1.54, 1.807) is 21.3 Å². The number of methoxy groups -OCH3 is 3. The smallest absolute Gasteiger partial charge is 0.255 e. The van der Waals surface area contributed by atoms with Gasteiger partial charge in [-0.05, 0) is 37.6 Å². The first-order chi connectivity index (χ1) is 12.0. The average Bonchev–Trinajstić information content (AvgIpc) is 2.59. The molecule has 0 N–H and O–H groups in total. The minimum atomic E-state index is -0.400. The fraction of sp³-hybridized carbons (Fsp3) is 0.474. The largest absolute Gasteiger partial charge is 0.497 e. The molecule has 1 amide bonds. The number of ether oxygens (including phenoxy) is 3. The van der Waals surface area contributed by atoms with Gasteiger partial charge < -0.3 is 19.1 Å². The van der Waals surface area contributed by atoms with E-state index in [9.17, 15) is 4.79 Å². The molecule has 1 aromatic carbocycles. The molecular weight excluding hydrogens is 320 g/mol. The molecule has 134 valence electrons. The van der Waals surface area contributed by atoms with Crippen LogP contribution in [0.5, 0.6) is 5.75 Å². The van der Waals surface area contributed by atoms with Crippen LogP contribution in [0.3, 0.4) is 0 Å². The Balaban J connectivity index is 2.04. The monoisotopic (exact) mass is 344 g/mol. The lowest BCUT2D eigenvalue weighted by Crippen LogP contribution is -2.66. The van der Waals surface area contributed by atoms with E-state index in [1.807, 2.05) is 36.1 Å². The summed E-state index contributed by atoms with van der Waals surface area (Å²) in [5.74, 6) is 0.681. The van der Waals surface area contributed by atoms with E-state index >= 15 is 0 Å². The number of pyridine rings is 1. The molecule has 25 heavy (non-hydrogen) atoms. The topological polar surface area (TPSA) is 60.9 Å². The van der Waals surface area contributed by atoms with Crippen LogP contribution in [0.15, 0.2) is 24.3 Å². The first-order valence-corrected chi connectivity index (χ1v) is 8.30. The van der Waals surface area contributed by atoms with Gasteiger partial charge in [0, 0.05) is 31.8 Å². The van der Waals surface area contributed by atoms with Gasteiger partial charge in [0.1, 0.15) is 5.75 Å². The molecule has 2 heterocycles. The van der Waals surface area contributed by atoms with Crippen LogP contribution in [-0.2, 0) is 9.47 Å². The van der Waals surface area contributed by atoms with Crippen LogP contribution in [0.4, 0.5) is 0 Å². The summed E-state index contributed by atoms with van der Waals surface area (Å²) in [5.41, 5.74) is 1.83. The molecule has 1 aliphatic rings. The fourth-order valence-corrected chi connectivity index (χ4v) is 3.52. The van der Waals surface area contributed by atoms with Gasteiger partial charge in [0.05, 0.1) is 36.9 Å². The molecule has 3 rings (SSSR count). The minimum absolute atomic E-state index is 0.0240. The summed E-state index contributed by atoms with van der Waals surface area (Å²) in [5, 5.41) is 0.797. The number of aromatic nitrogens is 1. The normalized spacial score (nSPS) is 15.9. The van der Waals surface area contributed by atoms with Gasteiger partial charge in [0.25, 0.3) is 5.91 Å². The summed E-state index contributed by atoms with van der Waals surface area (Å²) in [4.78, 5) is 19.7. The van der Waals surface area contributed by atoms with E-state index in [-0.39, 0.29) is 5.91 Å². The van der Waals surface area contributed by atoms with E-state index in [0.717, 1.165) is 23.0 Å². The highest BCUT2D eigenvalue weighted by Crippen LogP contribution is 2.35. The van der Waals surface area contributed by atoms with Crippen molar-refractivity contribution in [1.82, 2.24) is 9.88 Å². The molecular formula is C19H24N2O4. The molecule has 0 bridgehead atoms. The molecule has 1 aliphatic heterocycles. The number of fused-ring (bicyclic) bond motifs is 1. The molecule has 0 radical (unpaired) electrons. The Morgan fingerprint density at radius 1 is 1.20 bits per heavy atom. The molecule has 0 unspecified atom stereocenters. The number of carbonyl (C=O) groups excluding carboxylic acids is 1. The first kappa shape index (κ1) is 17.6. The molecule has 1 aromatic heterocycles. The van der Waals surface area contributed by atoms with Gasteiger partial charge in [-0.3, -0.25) is 9.78 Å². The summed E-state index contributed by atoms with van der Waals surface area (Å²) in [7, 11) is 4.91. The van der Waals surface area contributed by atoms with Crippen molar-refractivity contribution in [3.05, 3.63) is 35.5 Å². The number of hydrogen-bond acceptors (Lipinski definition) is 5. The quantitative estimate of drug-likeness (QED) is 0.805. The van der Waals surface area contributed by atoms with Crippen molar-refractivity contribution in [2.75, 3.05) is 41.1 Å². The molecule has 0 atom stereocenters. The van der Waals surface area contributed by atoms with E-state index in [4.69, 9.17) is 14.2 Å². The lowest BCUT2D eigenvalue weighted by atomic mass is 9.85. The second kappa shape index (κ2) is 6.98. The number of likely N-dealkylation sites (tertiary alicyclic amines) is 1. The number of amides is 1. The predicted octanol–water partition coefficient (Wildman–Crippen LogP) is 2.43. The van der Waals surface area contributed by atoms with Crippen molar-refractivity contribution < 1.29 is 19.0 Å². The Morgan fingerprint density at radius 2 is 1.92 bits per heavy atom. The second-order valence-electron chi connectivity index (χ2n) is 6.49. The zero-order valence-electron chi connectivity index (χ0n) is 15.2. The summed E-state index contributed by atoms with van der Waals surface area (Å²) < 4.78 is 16.0. The standard InChI is InChI=1S/C19H24N2O4/c1-13-9-16(15-10-14(25-4)5-6-17(15)20-13)18(22)21-8-7-19(21,11-23-2)12-24-3/h5-6,9-10H,7-8,11-12H2,1-4H3. The maximum absolute atomic E-state index is 13.3. The molecule has 1 saturated heterocycles. The Kier molecular flexibility index (Phi) is 4.92. The number of nitrogens with zero attached hydrogens (tertiary/aromatic N) is 2. The van der Waals surface area contributed by atoms with Gasteiger partial charge in [-0.2, -0.15) is 0 Å². The summed E-state index contributed by atoms with van der Waals surface area (Å²) in [6, 6.07) is 7.44. The highest BCUT2D eigenvalue weighted by Gasteiger charge is 2.48. The maximum Gasteiger partial charge on any atom is 0.255 e. The van der Waals surface area contributed by atoms with Crippen molar-refractivity contribution in [2.24, 2.45) is 0 Å². The van der Waals surface area contributed by atoms with Crippen LogP contribution in [0.25, 0.3) is 10.9 Å². The Morgan fingerprint density at radius 3 is 2.48 bits per heavy atom. The minimum Gasteiger partial charge on any atom is -0.497 e. The lowest BCUT2D eigenvalue weighted by molar-refractivity contribution is -0.0815. The summed E-state index contributed by atoms with van der Waals surface area (Å²) in [6.45, 7) is 3.50. The van der Waals surface area contributed by atoms with Gasteiger partial charge in [-0.25, -0.2) is 0 Å². The van der Waals surface area contributed by atoms with Crippen molar-refractivity contribution >= 4 is 16.8 Å². The molecule has 0 saturated carbocycles. The number of hydrogen-bond donors (Lipinski definition) is 0. The predicted molar refractivity (Wildman–Crippen MR) is 95.2 cm³/mol. The van der Waals surface area contributed by atoms with E-state index in [2.05, 4.69) is 4.98 Å². The van der Waals surface area contributed by atoms with Gasteiger partial charge in [-0.1, -0.05) is 0 Å². The molecule has 6 heteroatoms. The number of carbonyl (C=O) groups is 1. The van der Waals surface area contributed by atoms with Crippen LogP contribution >= 0.6 is 0 Å². The van der Waals surface area contributed by atoms with Crippen LogP contribution in [0.1, 0.15) is 22.5 Å². The Hall–Kier alpha value is -2.18. The van der Waals surface area contributed by atoms with Gasteiger partial charge in [0.15, 0.2) is 0 Å². The van der Waals surface area contributed by atoms with Crippen molar-refractivity contribution in [2.45, 2.75) is 18.9 Å². The highest BCUT2D eigenvalue weighted by molar-refractivity contribution is 6.07. The SMILES string of the molecule is COCC1(COC)CCN1C(=O)c1cc(C)nc2ccc(OC)cc12. The lowest BCUT2D eigenvalue weighted by Gasteiger charge is -2.52. The Bertz CT molecular complexity index is 784. The van der Waals surface area contributed by atoms with Crippen LogP contribution in [-0.4, -0.2) is 62.4 Å². The van der Waals surface area contributed by atoms with Gasteiger partial charge in [-0.15, -0.1) is 0 Å². The van der Waals surface area contributed by atoms with Crippen LogP contribution in [0, 0.1) is 6.92 Å². The van der Waals surface area contributed by atoms with Gasteiger partial charge >= 0.3 is 0 Å². The van der Waals surface area contributed by atoms with Crippen molar-refractivity contribution in [3.8, 4) is 5.75 Å².